The molecule has 0 aromatic carbocycles. The fraction of sp³-hybridized carbons (Fsp3) is 0.727. The number of nitrogens with two attached hydrogens (primary N) is 1. The van der Waals surface area contributed by atoms with E-state index in [0.717, 1.165) is 45.0 Å². The van der Waals surface area contributed by atoms with Crippen LogP contribution in [-0.4, -0.2) is 73.4 Å². The lowest BCUT2D eigenvalue weighted by atomic mass is 10.3. The third kappa shape index (κ3) is 3.10. The van der Waals surface area contributed by atoms with Gasteiger partial charge in [0.2, 0.25) is 0 Å². The van der Waals surface area contributed by atoms with Crippen molar-refractivity contribution in [2.75, 3.05) is 64.0 Å². The standard InChI is InChI=1S/C11H22N6/c1-15(2)3-4-16-5-7-17(8-6-16)10-9-13-14-11(10)12/h9H,3-8H2,1-2H3,(H3,12,13,14). The van der Waals surface area contributed by atoms with Gasteiger partial charge in [0.25, 0.3) is 0 Å². The minimum absolute atomic E-state index is 0.673. The van der Waals surface area contributed by atoms with Crippen LogP contribution in [0.4, 0.5) is 11.5 Å². The highest BCUT2D eigenvalue weighted by molar-refractivity contribution is 5.62. The highest BCUT2D eigenvalue weighted by atomic mass is 15.3. The Balaban J connectivity index is 1.80. The van der Waals surface area contributed by atoms with Gasteiger partial charge in [0.1, 0.15) is 5.82 Å². The van der Waals surface area contributed by atoms with Gasteiger partial charge in [-0.2, -0.15) is 5.10 Å². The lowest BCUT2D eigenvalue weighted by Gasteiger charge is -2.35. The average Bonchev–Trinajstić information content (AvgIpc) is 2.73. The molecule has 0 amide bonds. The Morgan fingerprint density at radius 3 is 2.59 bits per heavy atom. The summed E-state index contributed by atoms with van der Waals surface area (Å²) in [5.41, 5.74) is 6.86. The molecule has 0 atom stereocenters. The second-order valence-electron chi connectivity index (χ2n) is 4.80. The second kappa shape index (κ2) is 5.37. The van der Waals surface area contributed by atoms with Gasteiger partial charge in [-0.1, -0.05) is 0 Å². The third-order valence-corrected chi connectivity index (χ3v) is 3.22. The van der Waals surface area contributed by atoms with E-state index >= 15 is 0 Å². The van der Waals surface area contributed by atoms with E-state index in [4.69, 9.17) is 5.73 Å². The minimum atomic E-state index is 0.673. The third-order valence-electron chi connectivity index (χ3n) is 3.22. The van der Waals surface area contributed by atoms with Gasteiger partial charge in [-0.05, 0) is 14.1 Å². The smallest absolute Gasteiger partial charge is 0.142 e. The van der Waals surface area contributed by atoms with Crippen LogP contribution in [0.5, 0.6) is 0 Å². The van der Waals surface area contributed by atoms with Gasteiger partial charge in [-0.25, -0.2) is 0 Å². The van der Waals surface area contributed by atoms with Crippen LogP contribution in [0.15, 0.2) is 6.20 Å². The molecule has 1 aliphatic rings. The molecule has 0 spiro atoms. The molecule has 1 aromatic heterocycles. The van der Waals surface area contributed by atoms with Crippen LogP contribution in [0.25, 0.3) is 0 Å². The van der Waals surface area contributed by atoms with Crippen molar-refractivity contribution in [1.82, 2.24) is 20.0 Å². The maximum Gasteiger partial charge on any atom is 0.142 e. The Hall–Kier alpha value is -1.27. The van der Waals surface area contributed by atoms with Crippen LogP contribution in [-0.2, 0) is 0 Å². The summed E-state index contributed by atoms with van der Waals surface area (Å²) in [6, 6.07) is 0. The van der Waals surface area contributed by atoms with E-state index in [1.165, 1.54) is 0 Å². The number of anilines is 2. The van der Waals surface area contributed by atoms with Crippen LogP contribution in [0.1, 0.15) is 0 Å². The number of nitrogen functional groups attached to an aromatic ring is 1. The molecule has 0 unspecified atom stereocenters. The Kier molecular flexibility index (Phi) is 3.86. The van der Waals surface area contributed by atoms with Gasteiger partial charge in [-0.15, -0.1) is 0 Å². The molecule has 3 N–H and O–H groups in total. The predicted molar refractivity (Wildman–Crippen MR) is 70.2 cm³/mol. The molecule has 1 aliphatic heterocycles. The number of nitrogens with zero attached hydrogens (tertiary/aromatic N) is 4. The van der Waals surface area contributed by atoms with Gasteiger partial charge < -0.3 is 15.5 Å². The first-order valence-corrected chi connectivity index (χ1v) is 6.07. The van der Waals surface area contributed by atoms with Crippen molar-refractivity contribution in [3.05, 3.63) is 6.20 Å². The first kappa shape index (κ1) is 12.2. The highest BCUT2D eigenvalue weighted by Crippen LogP contribution is 2.20. The number of likely N-dealkylation sites (N-methyl/N-ethyl adjacent to an activating group) is 1. The van der Waals surface area contributed by atoms with Gasteiger partial charge in [0, 0.05) is 39.3 Å². The fourth-order valence-electron chi connectivity index (χ4n) is 2.10. The molecule has 96 valence electrons. The molecule has 0 bridgehead atoms. The first-order valence-electron chi connectivity index (χ1n) is 6.07. The molecule has 1 aromatic rings. The van der Waals surface area contributed by atoms with Crippen LogP contribution in [0.3, 0.4) is 0 Å². The van der Waals surface area contributed by atoms with Crippen molar-refractivity contribution in [2.24, 2.45) is 0 Å². The van der Waals surface area contributed by atoms with Crippen LogP contribution < -0.4 is 10.6 Å². The van der Waals surface area contributed by atoms with E-state index in [9.17, 15) is 0 Å². The van der Waals surface area contributed by atoms with Crippen molar-refractivity contribution < 1.29 is 0 Å². The molecule has 1 fully saturated rings. The Morgan fingerprint density at radius 2 is 2.06 bits per heavy atom. The Labute approximate surface area is 102 Å². The lowest BCUT2D eigenvalue weighted by molar-refractivity contribution is 0.229. The molecule has 2 heterocycles. The second-order valence-corrected chi connectivity index (χ2v) is 4.80. The molecule has 0 saturated carbocycles. The summed E-state index contributed by atoms with van der Waals surface area (Å²) >= 11 is 0. The van der Waals surface area contributed by atoms with Crippen molar-refractivity contribution >= 4 is 11.5 Å². The van der Waals surface area contributed by atoms with Crippen molar-refractivity contribution in [3.63, 3.8) is 0 Å². The number of H-pyrrole nitrogens is 1. The summed E-state index contributed by atoms with van der Waals surface area (Å²) in [6.45, 7) is 6.50. The van der Waals surface area contributed by atoms with Crippen LogP contribution in [0.2, 0.25) is 0 Å². The van der Waals surface area contributed by atoms with E-state index < -0.39 is 0 Å². The van der Waals surface area contributed by atoms with E-state index in [2.05, 4.69) is 39.0 Å². The van der Waals surface area contributed by atoms with Crippen LogP contribution >= 0.6 is 0 Å². The van der Waals surface area contributed by atoms with Crippen molar-refractivity contribution in [1.29, 1.82) is 0 Å². The average molecular weight is 238 g/mol. The fourth-order valence-corrected chi connectivity index (χ4v) is 2.10. The number of rotatable bonds is 4. The zero-order valence-corrected chi connectivity index (χ0v) is 10.7. The minimum Gasteiger partial charge on any atom is -0.382 e. The predicted octanol–water partition coefficient (Wildman–Crippen LogP) is -0.324. The van der Waals surface area contributed by atoms with E-state index in [1.54, 1.807) is 0 Å². The molecular weight excluding hydrogens is 216 g/mol. The topological polar surface area (TPSA) is 64.4 Å². The van der Waals surface area contributed by atoms with Crippen molar-refractivity contribution in [3.8, 4) is 0 Å². The molecular formula is C11H22N6. The molecule has 0 radical (unpaired) electrons. The van der Waals surface area contributed by atoms with Gasteiger partial charge >= 0.3 is 0 Å². The molecule has 6 heteroatoms. The molecule has 17 heavy (non-hydrogen) atoms. The number of nitrogens with one attached hydrogen (secondary N) is 1. The van der Waals surface area contributed by atoms with Gasteiger partial charge in [0.05, 0.1) is 11.9 Å². The molecule has 2 rings (SSSR count). The Bertz CT molecular complexity index is 339. The van der Waals surface area contributed by atoms with E-state index in [-0.39, 0.29) is 0 Å². The largest absolute Gasteiger partial charge is 0.382 e. The lowest BCUT2D eigenvalue weighted by Crippen LogP contribution is -2.48. The zero-order valence-electron chi connectivity index (χ0n) is 10.7. The summed E-state index contributed by atoms with van der Waals surface area (Å²) in [5, 5.41) is 6.75. The van der Waals surface area contributed by atoms with Crippen LogP contribution in [0, 0.1) is 0 Å². The normalized spacial score (nSPS) is 17.9. The number of hydrogen-bond donors (Lipinski definition) is 2. The van der Waals surface area contributed by atoms with Gasteiger partial charge in [-0.3, -0.25) is 10.00 Å². The summed E-state index contributed by atoms with van der Waals surface area (Å²) in [4.78, 5) is 7.01. The summed E-state index contributed by atoms with van der Waals surface area (Å²) in [7, 11) is 4.23. The SMILES string of the molecule is CN(C)CCN1CCN(c2cn[nH]c2N)CC1. The zero-order chi connectivity index (χ0) is 12.3. The van der Waals surface area contributed by atoms with E-state index in [0.29, 0.717) is 5.82 Å². The van der Waals surface area contributed by atoms with E-state index in [1.807, 2.05) is 6.20 Å². The maximum atomic E-state index is 5.82. The summed E-state index contributed by atoms with van der Waals surface area (Å²) in [6.07, 6.45) is 1.81. The van der Waals surface area contributed by atoms with Crippen molar-refractivity contribution in [2.45, 2.75) is 0 Å². The number of hydrogen-bond acceptors (Lipinski definition) is 5. The number of aromatic nitrogens is 2. The molecule has 1 saturated heterocycles. The summed E-state index contributed by atoms with van der Waals surface area (Å²) < 4.78 is 0. The quantitative estimate of drug-likeness (QED) is 0.752. The Morgan fingerprint density at radius 1 is 1.35 bits per heavy atom. The summed E-state index contributed by atoms with van der Waals surface area (Å²) in [5.74, 6) is 0.673. The number of aromatic amines is 1. The first-order chi connectivity index (χ1) is 8.16. The molecule has 6 nitrogen and oxygen atoms in total. The highest BCUT2D eigenvalue weighted by Gasteiger charge is 2.19. The maximum absolute atomic E-state index is 5.82. The number of piperazine rings is 1. The molecule has 0 aliphatic carbocycles. The van der Waals surface area contributed by atoms with Gasteiger partial charge in [0.15, 0.2) is 0 Å². The monoisotopic (exact) mass is 238 g/mol.